The van der Waals surface area contributed by atoms with E-state index in [0.29, 0.717) is 11.4 Å². The fourth-order valence-corrected chi connectivity index (χ4v) is 2.39. The third-order valence-electron chi connectivity index (χ3n) is 3.31. The van der Waals surface area contributed by atoms with Crippen molar-refractivity contribution in [1.82, 2.24) is 9.55 Å². The first-order valence-electron chi connectivity index (χ1n) is 6.22. The second-order valence-electron chi connectivity index (χ2n) is 4.83. The van der Waals surface area contributed by atoms with Crippen molar-refractivity contribution in [3.05, 3.63) is 53.3 Å². The summed E-state index contributed by atoms with van der Waals surface area (Å²) in [6.07, 6.45) is 0. The van der Waals surface area contributed by atoms with Gasteiger partial charge in [-0.1, -0.05) is 0 Å². The lowest BCUT2D eigenvalue weighted by atomic mass is 10.1. The van der Waals surface area contributed by atoms with Crippen molar-refractivity contribution in [3.8, 4) is 17.5 Å². The van der Waals surface area contributed by atoms with Crippen LogP contribution in [-0.2, 0) is 7.05 Å². The standard InChI is InChI=1S/C16H12FN3/c1-10-5-12(8-13(17)6-10)16-19-14-7-11(9-18)3-4-15(14)20(16)2/h3-8H,1-2H3. The number of halogens is 1. The summed E-state index contributed by atoms with van der Waals surface area (Å²) in [5, 5.41) is 8.93. The van der Waals surface area contributed by atoms with E-state index in [2.05, 4.69) is 11.1 Å². The van der Waals surface area contributed by atoms with Gasteiger partial charge in [0.25, 0.3) is 0 Å². The molecule has 98 valence electrons. The van der Waals surface area contributed by atoms with Gasteiger partial charge in [0.1, 0.15) is 11.6 Å². The normalized spacial score (nSPS) is 10.7. The molecule has 0 amide bonds. The van der Waals surface area contributed by atoms with Gasteiger partial charge in [0.2, 0.25) is 0 Å². The number of imidazole rings is 1. The van der Waals surface area contributed by atoms with Crippen molar-refractivity contribution in [2.45, 2.75) is 6.92 Å². The van der Waals surface area contributed by atoms with Crippen LogP contribution in [0.5, 0.6) is 0 Å². The van der Waals surface area contributed by atoms with Gasteiger partial charge in [-0.05, 0) is 48.9 Å². The topological polar surface area (TPSA) is 41.6 Å². The number of aryl methyl sites for hydroxylation is 2. The van der Waals surface area contributed by atoms with Crippen molar-refractivity contribution >= 4 is 11.0 Å². The summed E-state index contributed by atoms with van der Waals surface area (Å²) in [7, 11) is 1.89. The zero-order valence-electron chi connectivity index (χ0n) is 11.2. The Morgan fingerprint density at radius 3 is 2.70 bits per heavy atom. The predicted molar refractivity (Wildman–Crippen MR) is 75.6 cm³/mol. The maximum absolute atomic E-state index is 13.5. The van der Waals surface area contributed by atoms with Gasteiger partial charge in [0, 0.05) is 12.6 Å². The van der Waals surface area contributed by atoms with Crippen LogP contribution in [0.1, 0.15) is 11.1 Å². The molecule has 20 heavy (non-hydrogen) atoms. The van der Waals surface area contributed by atoms with E-state index < -0.39 is 0 Å². The van der Waals surface area contributed by atoms with Crippen molar-refractivity contribution < 1.29 is 4.39 Å². The Bertz CT molecular complexity index is 836. The number of fused-ring (bicyclic) bond motifs is 1. The molecule has 0 radical (unpaired) electrons. The maximum atomic E-state index is 13.5. The molecular weight excluding hydrogens is 253 g/mol. The molecule has 3 nitrogen and oxygen atoms in total. The van der Waals surface area contributed by atoms with Crippen LogP contribution in [0.15, 0.2) is 36.4 Å². The molecule has 3 rings (SSSR count). The van der Waals surface area contributed by atoms with Crippen molar-refractivity contribution in [2.24, 2.45) is 7.05 Å². The second kappa shape index (κ2) is 4.46. The minimum absolute atomic E-state index is 0.273. The molecule has 0 aliphatic carbocycles. The Morgan fingerprint density at radius 2 is 2.00 bits per heavy atom. The third kappa shape index (κ3) is 1.94. The van der Waals surface area contributed by atoms with E-state index in [4.69, 9.17) is 5.26 Å². The maximum Gasteiger partial charge on any atom is 0.140 e. The Morgan fingerprint density at radius 1 is 1.20 bits per heavy atom. The van der Waals surface area contributed by atoms with Gasteiger partial charge in [0.05, 0.1) is 22.7 Å². The van der Waals surface area contributed by atoms with Crippen LogP contribution >= 0.6 is 0 Å². The average molecular weight is 265 g/mol. The number of hydrogen-bond acceptors (Lipinski definition) is 2. The zero-order chi connectivity index (χ0) is 14.3. The molecule has 0 aliphatic rings. The van der Waals surface area contributed by atoms with Crippen LogP contribution < -0.4 is 0 Å². The number of aromatic nitrogens is 2. The van der Waals surface area contributed by atoms with E-state index in [1.165, 1.54) is 12.1 Å². The van der Waals surface area contributed by atoms with Crippen LogP contribution in [-0.4, -0.2) is 9.55 Å². The summed E-state index contributed by atoms with van der Waals surface area (Å²) in [5.74, 6) is 0.419. The van der Waals surface area contributed by atoms with Crippen LogP contribution in [0.2, 0.25) is 0 Å². The Kier molecular flexibility index (Phi) is 2.76. The number of benzene rings is 2. The molecule has 0 N–H and O–H groups in total. The predicted octanol–water partition coefficient (Wildman–Crippen LogP) is 3.56. The van der Waals surface area contributed by atoms with Crippen LogP contribution in [0.25, 0.3) is 22.4 Å². The summed E-state index contributed by atoms with van der Waals surface area (Å²) >= 11 is 0. The van der Waals surface area contributed by atoms with Crippen molar-refractivity contribution in [1.29, 1.82) is 5.26 Å². The molecule has 0 saturated heterocycles. The summed E-state index contributed by atoms with van der Waals surface area (Å²) in [4.78, 5) is 4.52. The summed E-state index contributed by atoms with van der Waals surface area (Å²) in [6.45, 7) is 1.85. The first-order valence-corrected chi connectivity index (χ1v) is 6.22. The number of nitrogens with zero attached hydrogens (tertiary/aromatic N) is 3. The molecule has 0 unspecified atom stereocenters. The fraction of sp³-hybridized carbons (Fsp3) is 0.125. The van der Waals surface area contributed by atoms with Gasteiger partial charge in [-0.25, -0.2) is 9.37 Å². The Hall–Kier alpha value is -2.67. The van der Waals surface area contributed by atoms with Crippen LogP contribution in [0.3, 0.4) is 0 Å². The van der Waals surface area contributed by atoms with Gasteiger partial charge in [0.15, 0.2) is 0 Å². The Balaban J connectivity index is 2.26. The fourth-order valence-electron chi connectivity index (χ4n) is 2.39. The number of hydrogen-bond donors (Lipinski definition) is 0. The average Bonchev–Trinajstić information content (AvgIpc) is 2.74. The van der Waals surface area contributed by atoms with E-state index in [1.54, 1.807) is 12.1 Å². The highest BCUT2D eigenvalue weighted by atomic mass is 19.1. The molecule has 1 heterocycles. The van der Waals surface area contributed by atoms with E-state index >= 15 is 0 Å². The van der Waals surface area contributed by atoms with E-state index in [9.17, 15) is 4.39 Å². The van der Waals surface area contributed by atoms with Crippen LogP contribution in [0, 0.1) is 24.1 Å². The molecule has 0 atom stereocenters. The third-order valence-corrected chi connectivity index (χ3v) is 3.31. The second-order valence-corrected chi connectivity index (χ2v) is 4.83. The molecule has 0 saturated carbocycles. The van der Waals surface area contributed by atoms with Crippen LogP contribution in [0.4, 0.5) is 4.39 Å². The number of nitriles is 1. The number of rotatable bonds is 1. The molecule has 2 aromatic carbocycles. The monoisotopic (exact) mass is 265 g/mol. The van der Waals surface area contributed by atoms with Gasteiger partial charge >= 0.3 is 0 Å². The molecule has 0 bridgehead atoms. The van der Waals surface area contributed by atoms with Gasteiger partial charge in [-0.15, -0.1) is 0 Å². The molecule has 1 aromatic heterocycles. The molecule has 0 aliphatic heterocycles. The summed E-state index contributed by atoms with van der Waals surface area (Å²) < 4.78 is 15.4. The lowest BCUT2D eigenvalue weighted by Crippen LogP contribution is -1.93. The minimum Gasteiger partial charge on any atom is -0.327 e. The highest BCUT2D eigenvalue weighted by Crippen LogP contribution is 2.25. The van der Waals surface area contributed by atoms with Gasteiger partial charge in [-0.3, -0.25) is 0 Å². The van der Waals surface area contributed by atoms with E-state index in [1.807, 2.05) is 30.7 Å². The zero-order valence-corrected chi connectivity index (χ0v) is 11.2. The van der Waals surface area contributed by atoms with Crippen molar-refractivity contribution in [3.63, 3.8) is 0 Å². The summed E-state index contributed by atoms with van der Waals surface area (Å²) in [6, 6.07) is 12.3. The first-order chi connectivity index (χ1) is 9.58. The summed E-state index contributed by atoms with van der Waals surface area (Å²) in [5.41, 5.74) is 3.81. The van der Waals surface area contributed by atoms with Crippen molar-refractivity contribution in [2.75, 3.05) is 0 Å². The highest BCUT2D eigenvalue weighted by Gasteiger charge is 2.11. The quantitative estimate of drug-likeness (QED) is 0.675. The molecular formula is C16H12FN3. The SMILES string of the molecule is Cc1cc(F)cc(-c2nc3cc(C#N)ccc3n2C)c1. The minimum atomic E-state index is -0.273. The lowest BCUT2D eigenvalue weighted by molar-refractivity contribution is 0.627. The van der Waals surface area contributed by atoms with E-state index in [-0.39, 0.29) is 5.82 Å². The lowest BCUT2D eigenvalue weighted by Gasteiger charge is -2.04. The Labute approximate surface area is 115 Å². The van der Waals surface area contributed by atoms with Gasteiger partial charge in [-0.2, -0.15) is 5.26 Å². The first kappa shape index (κ1) is 12.4. The van der Waals surface area contributed by atoms with Gasteiger partial charge < -0.3 is 4.57 Å². The highest BCUT2D eigenvalue weighted by molar-refractivity contribution is 5.81. The molecule has 0 fully saturated rings. The molecule has 4 heteroatoms. The largest absolute Gasteiger partial charge is 0.327 e. The molecule has 0 spiro atoms. The molecule has 3 aromatic rings. The van der Waals surface area contributed by atoms with E-state index in [0.717, 1.165) is 22.2 Å². The smallest absolute Gasteiger partial charge is 0.140 e.